The Kier molecular flexibility index (Phi) is 1.17. The van der Waals surface area contributed by atoms with E-state index >= 15 is 0 Å². The number of carbonyl (C=O) groups is 1. The Hall–Kier alpha value is -1.28. The standard InChI is InChI=1S/C7H9N3O2/c8-3-7-1-6(2-7,4-12-7)10-5(9)11/h1-2,4H2,(H3,9,10,11). The molecule has 5 nitrogen and oxygen atoms in total. The van der Waals surface area contributed by atoms with Crippen molar-refractivity contribution in [2.45, 2.75) is 24.0 Å². The van der Waals surface area contributed by atoms with Gasteiger partial charge in [0.25, 0.3) is 0 Å². The molecular formula is C7H9N3O2. The Labute approximate surface area is 69.5 Å². The first-order chi connectivity index (χ1) is 5.60. The van der Waals surface area contributed by atoms with Crippen molar-refractivity contribution in [3.63, 3.8) is 0 Å². The Balaban J connectivity index is 2.06. The Morgan fingerprint density at radius 3 is 2.75 bits per heavy atom. The van der Waals surface area contributed by atoms with E-state index in [0.29, 0.717) is 19.4 Å². The lowest BCUT2D eigenvalue weighted by Gasteiger charge is -2.39. The van der Waals surface area contributed by atoms with Gasteiger partial charge < -0.3 is 15.8 Å². The maximum atomic E-state index is 10.6. The van der Waals surface area contributed by atoms with E-state index in [1.54, 1.807) is 0 Å². The predicted octanol–water partition coefficient (Wildman–Crippen LogP) is -0.520. The molecule has 2 bridgehead atoms. The second-order valence-electron chi connectivity index (χ2n) is 3.52. The number of nitriles is 1. The third-order valence-electron chi connectivity index (χ3n) is 2.46. The monoisotopic (exact) mass is 167 g/mol. The fraction of sp³-hybridized carbons (Fsp3) is 0.714. The Morgan fingerprint density at radius 1 is 1.67 bits per heavy atom. The molecule has 1 aliphatic carbocycles. The minimum atomic E-state index is -0.636. The highest BCUT2D eigenvalue weighted by Crippen LogP contribution is 2.50. The summed E-state index contributed by atoms with van der Waals surface area (Å²) >= 11 is 0. The molecule has 3 fully saturated rings. The molecule has 2 aliphatic heterocycles. The zero-order valence-corrected chi connectivity index (χ0v) is 6.46. The van der Waals surface area contributed by atoms with Crippen LogP contribution >= 0.6 is 0 Å². The number of nitrogens with two attached hydrogens (primary N) is 1. The second kappa shape index (κ2) is 1.90. The molecule has 12 heavy (non-hydrogen) atoms. The molecule has 0 aromatic rings. The van der Waals surface area contributed by atoms with Crippen molar-refractivity contribution in [3.8, 4) is 6.07 Å². The van der Waals surface area contributed by atoms with Gasteiger partial charge in [-0.05, 0) is 0 Å². The molecule has 0 aromatic heterocycles. The van der Waals surface area contributed by atoms with Crippen molar-refractivity contribution in [1.82, 2.24) is 5.32 Å². The van der Waals surface area contributed by atoms with Crippen molar-refractivity contribution < 1.29 is 9.53 Å². The minimum Gasteiger partial charge on any atom is -0.358 e. The number of nitrogens with one attached hydrogen (secondary N) is 1. The number of hydrogen-bond acceptors (Lipinski definition) is 3. The SMILES string of the molecule is N#CC12CC(NC(N)=O)(CO1)C2. The first-order valence-corrected chi connectivity index (χ1v) is 3.73. The van der Waals surface area contributed by atoms with Crippen molar-refractivity contribution in [1.29, 1.82) is 5.26 Å². The molecule has 0 atom stereocenters. The van der Waals surface area contributed by atoms with Crippen LogP contribution in [-0.2, 0) is 4.74 Å². The largest absolute Gasteiger partial charge is 0.358 e. The van der Waals surface area contributed by atoms with Crippen LogP contribution in [0.25, 0.3) is 0 Å². The lowest BCUT2D eigenvalue weighted by molar-refractivity contribution is 0.0501. The van der Waals surface area contributed by atoms with Crippen LogP contribution in [0.4, 0.5) is 4.79 Å². The van der Waals surface area contributed by atoms with Gasteiger partial charge >= 0.3 is 6.03 Å². The number of rotatable bonds is 1. The molecule has 64 valence electrons. The molecule has 3 N–H and O–H groups in total. The average Bonchev–Trinajstić information content (AvgIpc) is 2.40. The van der Waals surface area contributed by atoms with Gasteiger partial charge in [0.15, 0.2) is 5.60 Å². The number of nitrogens with zero attached hydrogens (tertiary/aromatic N) is 1. The highest BCUT2D eigenvalue weighted by Gasteiger charge is 2.63. The number of ether oxygens (including phenoxy) is 1. The number of hydrogen-bond donors (Lipinski definition) is 2. The molecule has 1 saturated carbocycles. The Morgan fingerprint density at radius 2 is 2.33 bits per heavy atom. The third-order valence-corrected chi connectivity index (χ3v) is 2.46. The first kappa shape index (κ1) is 7.37. The molecule has 0 aromatic carbocycles. The second-order valence-corrected chi connectivity index (χ2v) is 3.52. The van der Waals surface area contributed by atoms with Crippen LogP contribution in [0.2, 0.25) is 0 Å². The van der Waals surface area contributed by atoms with Crippen LogP contribution in [0.5, 0.6) is 0 Å². The summed E-state index contributed by atoms with van der Waals surface area (Å²) < 4.78 is 5.24. The first-order valence-electron chi connectivity index (χ1n) is 3.73. The van der Waals surface area contributed by atoms with Gasteiger partial charge in [-0.1, -0.05) is 0 Å². The lowest BCUT2D eigenvalue weighted by Crippen LogP contribution is -2.60. The van der Waals surface area contributed by atoms with Crippen LogP contribution in [0, 0.1) is 11.3 Å². The summed E-state index contributed by atoms with van der Waals surface area (Å²) in [4.78, 5) is 10.6. The van der Waals surface area contributed by atoms with E-state index in [4.69, 9.17) is 15.7 Å². The molecule has 2 heterocycles. The summed E-state index contributed by atoms with van der Waals surface area (Å²) in [5.74, 6) is 0. The van der Waals surface area contributed by atoms with Gasteiger partial charge in [-0.2, -0.15) is 5.26 Å². The number of fused-ring (bicyclic) bond motifs is 1. The fourth-order valence-corrected chi connectivity index (χ4v) is 2.02. The summed E-state index contributed by atoms with van der Waals surface area (Å²) in [6.07, 6.45) is 1.14. The summed E-state index contributed by atoms with van der Waals surface area (Å²) in [5, 5.41) is 11.3. The maximum absolute atomic E-state index is 10.6. The summed E-state index contributed by atoms with van der Waals surface area (Å²) in [6, 6.07) is 1.54. The van der Waals surface area contributed by atoms with Crippen molar-refractivity contribution >= 4 is 6.03 Å². The molecule has 2 amide bonds. The van der Waals surface area contributed by atoms with Gasteiger partial charge in [0, 0.05) is 12.8 Å². The molecule has 0 radical (unpaired) electrons. The predicted molar refractivity (Wildman–Crippen MR) is 39.0 cm³/mol. The average molecular weight is 167 g/mol. The number of urea groups is 1. The molecule has 3 rings (SSSR count). The summed E-state index contributed by atoms with van der Waals surface area (Å²) in [7, 11) is 0. The van der Waals surface area contributed by atoms with Crippen LogP contribution in [0.15, 0.2) is 0 Å². The van der Waals surface area contributed by atoms with Crippen LogP contribution < -0.4 is 11.1 Å². The normalized spacial score (nSPS) is 42.9. The summed E-state index contributed by atoms with van der Waals surface area (Å²) in [6.45, 7) is 0.406. The Bertz CT molecular complexity index is 275. The molecule has 0 unspecified atom stereocenters. The summed E-state index contributed by atoms with van der Waals surface area (Å²) in [5.41, 5.74) is 4.00. The van der Waals surface area contributed by atoms with Gasteiger partial charge in [0.2, 0.25) is 0 Å². The van der Waals surface area contributed by atoms with Crippen molar-refractivity contribution in [3.05, 3.63) is 0 Å². The topological polar surface area (TPSA) is 88.1 Å². The zero-order valence-electron chi connectivity index (χ0n) is 6.46. The number of carbonyl (C=O) groups excluding carboxylic acids is 1. The van der Waals surface area contributed by atoms with E-state index in [-0.39, 0.29) is 5.54 Å². The third kappa shape index (κ3) is 0.786. The molecular weight excluding hydrogens is 158 g/mol. The van der Waals surface area contributed by atoms with Gasteiger partial charge in [-0.3, -0.25) is 0 Å². The molecule has 5 heteroatoms. The van der Waals surface area contributed by atoms with Crippen molar-refractivity contribution in [2.75, 3.05) is 6.61 Å². The minimum absolute atomic E-state index is 0.346. The van der Waals surface area contributed by atoms with Crippen molar-refractivity contribution in [2.24, 2.45) is 5.73 Å². The highest BCUT2D eigenvalue weighted by molar-refractivity contribution is 5.73. The van der Waals surface area contributed by atoms with Gasteiger partial charge in [0.1, 0.15) is 0 Å². The maximum Gasteiger partial charge on any atom is 0.312 e. The number of primary amides is 1. The van der Waals surface area contributed by atoms with Gasteiger partial charge in [-0.15, -0.1) is 0 Å². The van der Waals surface area contributed by atoms with E-state index in [1.165, 1.54) is 0 Å². The van der Waals surface area contributed by atoms with Crippen LogP contribution in [-0.4, -0.2) is 23.8 Å². The molecule has 3 aliphatic rings. The van der Waals surface area contributed by atoms with E-state index in [2.05, 4.69) is 11.4 Å². The van der Waals surface area contributed by atoms with Crippen LogP contribution in [0.3, 0.4) is 0 Å². The molecule has 2 saturated heterocycles. The van der Waals surface area contributed by atoms with E-state index in [9.17, 15) is 4.79 Å². The number of amides is 2. The van der Waals surface area contributed by atoms with Gasteiger partial charge in [-0.25, -0.2) is 4.79 Å². The fourth-order valence-electron chi connectivity index (χ4n) is 2.02. The smallest absolute Gasteiger partial charge is 0.312 e. The van der Waals surface area contributed by atoms with E-state index < -0.39 is 11.6 Å². The molecule has 0 spiro atoms. The quantitative estimate of drug-likeness (QED) is 0.550. The highest BCUT2D eigenvalue weighted by atomic mass is 16.5. The zero-order chi connectivity index (χ0) is 8.82. The van der Waals surface area contributed by atoms with Gasteiger partial charge in [0.05, 0.1) is 18.2 Å². The van der Waals surface area contributed by atoms with E-state index in [0.717, 1.165) is 0 Å². The lowest BCUT2D eigenvalue weighted by atomic mass is 9.69. The van der Waals surface area contributed by atoms with E-state index in [1.807, 2.05) is 0 Å². The van der Waals surface area contributed by atoms with Crippen LogP contribution in [0.1, 0.15) is 12.8 Å².